The fourth-order valence-electron chi connectivity index (χ4n) is 2.26. The average Bonchev–Trinajstić information content (AvgIpc) is 2.52. The Labute approximate surface area is 122 Å². The maximum absolute atomic E-state index is 5.47. The summed E-state index contributed by atoms with van der Waals surface area (Å²) >= 11 is 0. The molecule has 1 saturated heterocycles. The lowest BCUT2D eigenvalue weighted by molar-refractivity contribution is 0.199. The van der Waals surface area contributed by atoms with Gasteiger partial charge in [-0.2, -0.15) is 0 Å². The number of ether oxygens (including phenoxy) is 1. The summed E-state index contributed by atoms with van der Waals surface area (Å²) in [7, 11) is 0. The second-order valence-electron chi connectivity index (χ2n) is 5.02. The molecule has 1 aromatic rings. The van der Waals surface area contributed by atoms with Gasteiger partial charge in [-0.3, -0.25) is 4.90 Å². The van der Waals surface area contributed by atoms with Gasteiger partial charge in [0.05, 0.1) is 13.2 Å². The van der Waals surface area contributed by atoms with E-state index in [-0.39, 0.29) is 0 Å². The number of piperidine rings is 1. The Bertz CT molecular complexity index is 449. The number of benzene rings is 1. The van der Waals surface area contributed by atoms with Crippen molar-refractivity contribution in [2.75, 3.05) is 32.8 Å². The van der Waals surface area contributed by atoms with Crippen LogP contribution in [0.15, 0.2) is 36.4 Å². The fourth-order valence-corrected chi connectivity index (χ4v) is 2.26. The Morgan fingerprint density at radius 3 is 2.65 bits per heavy atom. The normalized spacial score (nSPS) is 16.0. The van der Waals surface area contributed by atoms with Gasteiger partial charge in [0.25, 0.3) is 0 Å². The van der Waals surface area contributed by atoms with Crippen LogP contribution in [0.2, 0.25) is 0 Å². The quantitative estimate of drug-likeness (QED) is 0.601. The summed E-state index contributed by atoms with van der Waals surface area (Å²) in [6, 6.07) is 10.2. The zero-order valence-electron chi connectivity index (χ0n) is 12.1. The van der Waals surface area contributed by atoms with Crippen molar-refractivity contribution in [2.45, 2.75) is 19.3 Å². The number of rotatable bonds is 5. The number of hydrogen-bond acceptors (Lipinski definition) is 2. The molecule has 0 radical (unpaired) electrons. The van der Waals surface area contributed by atoms with Gasteiger partial charge in [-0.15, -0.1) is 0 Å². The van der Waals surface area contributed by atoms with Gasteiger partial charge in [0.2, 0.25) is 0 Å². The van der Waals surface area contributed by atoms with Gasteiger partial charge in [-0.1, -0.05) is 60.7 Å². The van der Waals surface area contributed by atoms with Crippen LogP contribution < -0.4 is 0 Å². The fraction of sp³-hybridized carbons (Fsp3) is 0.444. The van der Waals surface area contributed by atoms with E-state index in [2.05, 4.69) is 34.9 Å². The van der Waals surface area contributed by atoms with Crippen LogP contribution in [-0.4, -0.2) is 37.7 Å². The maximum Gasteiger partial charge on any atom is 0.108 e. The van der Waals surface area contributed by atoms with Crippen molar-refractivity contribution in [3.05, 3.63) is 42.0 Å². The lowest BCUT2D eigenvalue weighted by atomic mass is 10.1. The average molecular weight is 269 g/mol. The van der Waals surface area contributed by atoms with E-state index < -0.39 is 0 Å². The highest BCUT2D eigenvalue weighted by molar-refractivity contribution is 5.48. The molecule has 0 saturated carbocycles. The summed E-state index contributed by atoms with van der Waals surface area (Å²) in [6.07, 6.45) is 8.12. The van der Waals surface area contributed by atoms with E-state index in [0.29, 0.717) is 13.2 Å². The summed E-state index contributed by atoms with van der Waals surface area (Å²) in [5.41, 5.74) is 1.20. The topological polar surface area (TPSA) is 12.5 Å². The first kappa shape index (κ1) is 14.8. The molecular weight excluding hydrogens is 246 g/mol. The van der Waals surface area contributed by atoms with Crippen molar-refractivity contribution in [3.8, 4) is 11.8 Å². The molecule has 2 heteroatoms. The molecule has 2 nitrogen and oxygen atoms in total. The molecule has 1 heterocycles. The van der Waals surface area contributed by atoms with Crippen molar-refractivity contribution in [2.24, 2.45) is 0 Å². The van der Waals surface area contributed by atoms with Crippen LogP contribution in [0, 0.1) is 11.8 Å². The van der Waals surface area contributed by atoms with Gasteiger partial charge < -0.3 is 4.74 Å². The van der Waals surface area contributed by atoms with Crippen molar-refractivity contribution < 1.29 is 4.74 Å². The first-order valence-corrected chi connectivity index (χ1v) is 7.42. The Morgan fingerprint density at radius 2 is 1.85 bits per heavy atom. The van der Waals surface area contributed by atoms with Crippen LogP contribution in [0.5, 0.6) is 0 Å². The third-order valence-electron chi connectivity index (χ3n) is 3.37. The minimum Gasteiger partial charge on any atom is -0.365 e. The molecule has 1 aliphatic heterocycles. The largest absolute Gasteiger partial charge is 0.365 e. The highest BCUT2D eigenvalue weighted by Crippen LogP contribution is 2.07. The molecule has 0 atom stereocenters. The molecule has 0 aliphatic carbocycles. The lowest BCUT2D eigenvalue weighted by Crippen LogP contribution is -2.29. The standard InChI is InChI=1S/C18H23NO/c1-3-10-18(11-4-1)12-9-17-20-16-8-7-15-19-13-5-2-6-14-19/h1,3-4,9-12H,2,5-6,13-17H2. The smallest absolute Gasteiger partial charge is 0.108 e. The molecule has 0 spiro atoms. The third-order valence-corrected chi connectivity index (χ3v) is 3.37. The maximum atomic E-state index is 5.47. The predicted molar refractivity (Wildman–Crippen MR) is 84.4 cm³/mol. The van der Waals surface area contributed by atoms with Crippen LogP contribution in [0.3, 0.4) is 0 Å². The van der Waals surface area contributed by atoms with E-state index in [1.165, 1.54) is 37.9 Å². The van der Waals surface area contributed by atoms with E-state index in [1.54, 1.807) is 0 Å². The number of likely N-dealkylation sites (tertiary alicyclic amines) is 1. The second kappa shape index (κ2) is 9.36. The SMILES string of the molecule is C(#CCN1CCCCC1)COCC=Cc1ccccc1. The zero-order chi connectivity index (χ0) is 13.9. The summed E-state index contributed by atoms with van der Waals surface area (Å²) in [5.74, 6) is 6.27. The molecule has 0 N–H and O–H groups in total. The molecule has 0 bridgehead atoms. The first-order valence-electron chi connectivity index (χ1n) is 7.42. The van der Waals surface area contributed by atoms with Crippen molar-refractivity contribution >= 4 is 6.08 Å². The Morgan fingerprint density at radius 1 is 1.05 bits per heavy atom. The molecule has 20 heavy (non-hydrogen) atoms. The Balaban J connectivity index is 1.54. The molecular formula is C18H23NO. The number of hydrogen-bond donors (Lipinski definition) is 0. The van der Waals surface area contributed by atoms with E-state index in [0.717, 1.165) is 6.54 Å². The van der Waals surface area contributed by atoms with Gasteiger partial charge in [0, 0.05) is 0 Å². The van der Waals surface area contributed by atoms with E-state index >= 15 is 0 Å². The lowest BCUT2D eigenvalue weighted by Gasteiger charge is -2.23. The summed E-state index contributed by atoms with van der Waals surface area (Å²) in [6.45, 7) is 4.44. The Kier molecular flexibility index (Phi) is 6.95. The van der Waals surface area contributed by atoms with Crippen LogP contribution in [0.1, 0.15) is 24.8 Å². The number of nitrogens with zero attached hydrogens (tertiary/aromatic N) is 1. The first-order chi connectivity index (χ1) is 9.95. The monoisotopic (exact) mass is 269 g/mol. The molecule has 1 aromatic carbocycles. The van der Waals surface area contributed by atoms with Crippen molar-refractivity contribution in [3.63, 3.8) is 0 Å². The zero-order valence-corrected chi connectivity index (χ0v) is 12.1. The van der Waals surface area contributed by atoms with E-state index in [1.807, 2.05) is 24.3 Å². The van der Waals surface area contributed by atoms with Crippen LogP contribution in [0.4, 0.5) is 0 Å². The minimum atomic E-state index is 0.521. The van der Waals surface area contributed by atoms with E-state index in [9.17, 15) is 0 Å². The highest BCUT2D eigenvalue weighted by Gasteiger charge is 2.07. The molecule has 0 aromatic heterocycles. The Hall–Kier alpha value is -1.56. The predicted octanol–water partition coefficient (Wildman–Crippen LogP) is 3.21. The summed E-state index contributed by atoms with van der Waals surface area (Å²) in [4.78, 5) is 2.42. The van der Waals surface area contributed by atoms with Crippen molar-refractivity contribution in [1.82, 2.24) is 4.90 Å². The van der Waals surface area contributed by atoms with Crippen LogP contribution in [-0.2, 0) is 4.74 Å². The molecule has 106 valence electrons. The molecule has 2 rings (SSSR count). The van der Waals surface area contributed by atoms with Gasteiger partial charge in [-0.25, -0.2) is 0 Å². The summed E-state index contributed by atoms with van der Waals surface area (Å²) < 4.78 is 5.47. The second-order valence-corrected chi connectivity index (χ2v) is 5.02. The van der Waals surface area contributed by atoms with Crippen LogP contribution in [0.25, 0.3) is 6.08 Å². The van der Waals surface area contributed by atoms with Gasteiger partial charge in [0.1, 0.15) is 6.61 Å². The molecule has 1 aliphatic rings. The summed E-state index contributed by atoms with van der Waals surface area (Å²) in [5, 5.41) is 0. The van der Waals surface area contributed by atoms with Gasteiger partial charge >= 0.3 is 0 Å². The van der Waals surface area contributed by atoms with Crippen molar-refractivity contribution in [1.29, 1.82) is 0 Å². The minimum absolute atomic E-state index is 0.521. The molecule has 1 fully saturated rings. The third kappa shape index (κ3) is 6.06. The van der Waals surface area contributed by atoms with E-state index in [4.69, 9.17) is 4.74 Å². The van der Waals surface area contributed by atoms with Gasteiger partial charge in [0.15, 0.2) is 0 Å². The molecule has 0 amide bonds. The molecule has 0 unspecified atom stereocenters. The van der Waals surface area contributed by atoms with Gasteiger partial charge in [-0.05, 0) is 31.5 Å². The highest BCUT2D eigenvalue weighted by atomic mass is 16.5. The van der Waals surface area contributed by atoms with Crippen LogP contribution >= 0.6 is 0 Å².